The lowest BCUT2D eigenvalue weighted by Crippen LogP contribution is -2.21. The molecule has 2 aromatic rings. The Kier molecular flexibility index (Phi) is 4.07. The van der Waals surface area contributed by atoms with Crippen LogP contribution in [0.25, 0.3) is 0 Å². The summed E-state index contributed by atoms with van der Waals surface area (Å²) in [6.07, 6.45) is 3.78. The summed E-state index contributed by atoms with van der Waals surface area (Å²) in [4.78, 5) is 1.44. The molecule has 0 radical (unpaired) electrons. The first-order valence-electron chi connectivity index (χ1n) is 5.42. The summed E-state index contributed by atoms with van der Waals surface area (Å²) in [5.74, 6) is 1.03. The zero-order chi connectivity index (χ0) is 11.2. The van der Waals surface area contributed by atoms with E-state index in [-0.39, 0.29) is 0 Å². The van der Waals surface area contributed by atoms with E-state index in [0.29, 0.717) is 0 Å². The number of aromatic nitrogens is 3. The largest absolute Gasteiger partial charge is 0.321 e. The van der Waals surface area contributed by atoms with E-state index in [9.17, 15) is 0 Å². The van der Waals surface area contributed by atoms with E-state index in [2.05, 4.69) is 33.0 Å². The molecule has 5 heteroatoms. The van der Waals surface area contributed by atoms with Crippen molar-refractivity contribution in [3.8, 4) is 0 Å². The zero-order valence-corrected chi connectivity index (χ0v) is 10.2. The van der Waals surface area contributed by atoms with Gasteiger partial charge < -0.3 is 9.88 Å². The molecule has 0 atom stereocenters. The number of nitrogens with zero attached hydrogens (tertiary/aromatic N) is 3. The number of thiophene rings is 1. The minimum Gasteiger partial charge on any atom is -0.321 e. The molecule has 0 aliphatic rings. The number of nitrogens with one attached hydrogen (secondary N) is 1. The van der Waals surface area contributed by atoms with E-state index in [1.165, 1.54) is 4.88 Å². The second-order valence-electron chi connectivity index (χ2n) is 3.69. The fourth-order valence-corrected chi connectivity index (χ4v) is 2.23. The van der Waals surface area contributed by atoms with Crippen molar-refractivity contribution in [1.82, 2.24) is 20.1 Å². The maximum atomic E-state index is 4.04. The molecule has 4 nitrogen and oxygen atoms in total. The Bertz CT molecular complexity index is 407. The Labute approximate surface area is 99.3 Å². The van der Waals surface area contributed by atoms with Crippen LogP contribution in [0, 0.1) is 0 Å². The summed E-state index contributed by atoms with van der Waals surface area (Å²) in [5.41, 5.74) is 0. The van der Waals surface area contributed by atoms with Crippen LogP contribution in [0.1, 0.15) is 10.7 Å². The Morgan fingerprint density at radius 3 is 2.94 bits per heavy atom. The molecule has 86 valence electrons. The predicted molar refractivity (Wildman–Crippen MR) is 65.6 cm³/mol. The molecule has 0 bridgehead atoms. The fraction of sp³-hybridized carbons (Fsp3) is 0.455. The third-order valence-electron chi connectivity index (χ3n) is 2.46. The van der Waals surface area contributed by atoms with Crippen molar-refractivity contribution >= 4 is 11.3 Å². The highest BCUT2D eigenvalue weighted by molar-refractivity contribution is 7.09. The minimum atomic E-state index is 0.931. The van der Waals surface area contributed by atoms with Crippen molar-refractivity contribution in [2.75, 3.05) is 13.1 Å². The standard InChI is InChI=1S/C11H16N4S/c1-15-9-13-14-11(15)5-7-12-6-4-10-3-2-8-16-10/h2-3,8-9,12H,4-7H2,1H3. The molecule has 0 spiro atoms. The number of rotatable bonds is 6. The highest BCUT2D eigenvalue weighted by atomic mass is 32.1. The molecular weight excluding hydrogens is 220 g/mol. The van der Waals surface area contributed by atoms with Crippen LogP contribution in [0.3, 0.4) is 0 Å². The topological polar surface area (TPSA) is 42.7 Å². The third kappa shape index (κ3) is 3.15. The molecule has 2 heterocycles. The number of hydrogen-bond donors (Lipinski definition) is 1. The van der Waals surface area contributed by atoms with Gasteiger partial charge in [0.15, 0.2) is 0 Å². The lowest BCUT2D eigenvalue weighted by Gasteiger charge is -2.03. The van der Waals surface area contributed by atoms with Gasteiger partial charge in [0.05, 0.1) is 0 Å². The average Bonchev–Trinajstić information content (AvgIpc) is 2.90. The van der Waals surface area contributed by atoms with Gasteiger partial charge in [-0.25, -0.2) is 0 Å². The van der Waals surface area contributed by atoms with Crippen LogP contribution in [0.2, 0.25) is 0 Å². The summed E-state index contributed by atoms with van der Waals surface area (Å²) >= 11 is 1.81. The van der Waals surface area contributed by atoms with Crippen LogP contribution in [0.4, 0.5) is 0 Å². The first-order valence-corrected chi connectivity index (χ1v) is 6.30. The molecule has 2 aromatic heterocycles. The van der Waals surface area contributed by atoms with Crippen molar-refractivity contribution < 1.29 is 0 Å². The highest BCUT2D eigenvalue weighted by Crippen LogP contribution is 2.07. The monoisotopic (exact) mass is 236 g/mol. The molecule has 0 aromatic carbocycles. The minimum absolute atomic E-state index is 0.931. The van der Waals surface area contributed by atoms with E-state index >= 15 is 0 Å². The van der Waals surface area contributed by atoms with Gasteiger partial charge in [-0.1, -0.05) is 6.07 Å². The molecule has 0 fully saturated rings. The van der Waals surface area contributed by atoms with Gasteiger partial charge in [0.25, 0.3) is 0 Å². The molecule has 0 aliphatic carbocycles. The van der Waals surface area contributed by atoms with Crippen molar-refractivity contribution in [3.63, 3.8) is 0 Å². The van der Waals surface area contributed by atoms with E-state index in [4.69, 9.17) is 0 Å². The molecule has 2 rings (SSSR count). The molecule has 0 unspecified atom stereocenters. The molecule has 1 N–H and O–H groups in total. The van der Waals surface area contributed by atoms with Crippen LogP contribution in [-0.4, -0.2) is 27.9 Å². The average molecular weight is 236 g/mol. The maximum Gasteiger partial charge on any atom is 0.133 e. The lowest BCUT2D eigenvalue weighted by atomic mass is 10.3. The Balaban J connectivity index is 1.61. The van der Waals surface area contributed by atoms with Crippen molar-refractivity contribution in [2.45, 2.75) is 12.8 Å². The molecular formula is C11H16N4S. The van der Waals surface area contributed by atoms with Gasteiger partial charge in [0.1, 0.15) is 12.2 Å². The predicted octanol–water partition coefficient (Wildman–Crippen LogP) is 1.25. The molecule has 0 saturated heterocycles. The Morgan fingerprint density at radius 1 is 1.38 bits per heavy atom. The molecule has 16 heavy (non-hydrogen) atoms. The van der Waals surface area contributed by atoms with Crippen molar-refractivity contribution in [1.29, 1.82) is 0 Å². The second kappa shape index (κ2) is 5.77. The third-order valence-corrected chi connectivity index (χ3v) is 3.39. The maximum absolute atomic E-state index is 4.04. The first-order chi connectivity index (χ1) is 7.86. The van der Waals surface area contributed by atoms with Gasteiger partial charge in [-0.2, -0.15) is 0 Å². The first kappa shape index (κ1) is 11.3. The number of hydrogen-bond acceptors (Lipinski definition) is 4. The van der Waals surface area contributed by atoms with Gasteiger partial charge in [-0.3, -0.25) is 0 Å². The second-order valence-corrected chi connectivity index (χ2v) is 4.72. The Morgan fingerprint density at radius 2 is 2.25 bits per heavy atom. The van der Waals surface area contributed by atoms with Crippen LogP contribution < -0.4 is 5.32 Å². The molecule has 0 aliphatic heterocycles. The van der Waals surface area contributed by atoms with Crippen molar-refractivity contribution in [3.05, 3.63) is 34.5 Å². The smallest absolute Gasteiger partial charge is 0.133 e. The van der Waals surface area contributed by atoms with Gasteiger partial charge in [0, 0.05) is 24.9 Å². The molecule has 0 saturated carbocycles. The highest BCUT2D eigenvalue weighted by Gasteiger charge is 1.99. The molecule has 0 amide bonds. The van der Waals surface area contributed by atoms with E-state index in [0.717, 1.165) is 31.8 Å². The number of aryl methyl sites for hydroxylation is 1. The zero-order valence-electron chi connectivity index (χ0n) is 9.39. The lowest BCUT2D eigenvalue weighted by molar-refractivity contribution is 0.654. The summed E-state index contributed by atoms with van der Waals surface area (Å²) < 4.78 is 1.96. The SMILES string of the molecule is Cn1cnnc1CCNCCc1cccs1. The summed E-state index contributed by atoms with van der Waals surface area (Å²) in [6.45, 7) is 1.98. The summed E-state index contributed by atoms with van der Waals surface area (Å²) in [6, 6.07) is 4.27. The van der Waals surface area contributed by atoms with Crippen LogP contribution in [0.5, 0.6) is 0 Å². The van der Waals surface area contributed by atoms with Gasteiger partial charge in [0.2, 0.25) is 0 Å². The van der Waals surface area contributed by atoms with Gasteiger partial charge in [-0.15, -0.1) is 21.5 Å². The van der Waals surface area contributed by atoms with E-state index < -0.39 is 0 Å². The normalized spacial score (nSPS) is 10.8. The van der Waals surface area contributed by atoms with Gasteiger partial charge >= 0.3 is 0 Å². The quantitative estimate of drug-likeness (QED) is 0.768. The Hall–Kier alpha value is -1.20. The van der Waals surface area contributed by atoms with Crippen molar-refractivity contribution in [2.24, 2.45) is 7.05 Å². The van der Waals surface area contributed by atoms with Gasteiger partial charge in [-0.05, 0) is 24.4 Å². The van der Waals surface area contributed by atoms with Crippen LogP contribution in [-0.2, 0) is 19.9 Å². The summed E-state index contributed by atoms with van der Waals surface area (Å²) in [7, 11) is 1.97. The van der Waals surface area contributed by atoms with Crippen LogP contribution >= 0.6 is 11.3 Å². The summed E-state index contributed by atoms with van der Waals surface area (Å²) in [5, 5.41) is 13.4. The fourth-order valence-electron chi connectivity index (χ4n) is 1.53. The van der Waals surface area contributed by atoms with Crippen LogP contribution in [0.15, 0.2) is 23.8 Å². The van der Waals surface area contributed by atoms with E-state index in [1.54, 1.807) is 6.33 Å². The van der Waals surface area contributed by atoms with E-state index in [1.807, 2.05) is 23.0 Å².